The van der Waals surface area contributed by atoms with Gasteiger partial charge in [0.25, 0.3) is 0 Å². The van der Waals surface area contributed by atoms with E-state index in [-0.39, 0.29) is 23.0 Å². The average Bonchev–Trinajstić information content (AvgIpc) is 2.25. The number of anilines is 1. The zero-order valence-corrected chi connectivity index (χ0v) is 11.7. The Kier molecular flexibility index (Phi) is 4.30. The molecule has 1 heterocycles. The first kappa shape index (κ1) is 14.9. The van der Waals surface area contributed by atoms with Gasteiger partial charge < -0.3 is 5.73 Å². The van der Waals surface area contributed by atoms with E-state index in [1.54, 1.807) is 0 Å². The van der Waals surface area contributed by atoms with Crippen LogP contribution < -0.4 is 5.73 Å². The lowest BCUT2D eigenvalue weighted by atomic mass is 10.5. The predicted octanol–water partition coefficient (Wildman–Crippen LogP) is -0.671. The topological polar surface area (TPSA) is 110 Å². The van der Waals surface area contributed by atoms with Crippen LogP contribution in [-0.2, 0) is 19.9 Å². The van der Waals surface area contributed by atoms with Gasteiger partial charge in [0.1, 0.15) is 20.6 Å². The first-order chi connectivity index (χ1) is 8.13. The summed E-state index contributed by atoms with van der Waals surface area (Å²) < 4.78 is 47.0. The quantitative estimate of drug-likeness (QED) is 0.770. The molecule has 0 atom stereocenters. The molecule has 0 aliphatic carbocycles. The lowest BCUT2D eigenvalue weighted by Crippen LogP contribution is -2.31. The van der Waals surface area contributed by atoms with Crippen LogP contribution in [-0.4, -0.2) is 51.7 Å². The van der Waals surface area contributed by atoms with Crippen molar-refractivity contribution in [1.82, 2.24) is 9.29 Å². The molecule has 0 radical (unpaired) electrons. The number of sulfonamides is 1. The maximum Gasteiger partial charge on any atom is 0.244 e. The molecule has 1 aromatic rings. The molecule has 0 bridgehead atoms. The Morgan fingerprint density at radius 1 is 1.28 bits per heavy atom. The molecule has 2 N–H and O–H groups in total. The van der Waals surface area contributed by atoms with Gasteiger partial charge in [0.15, 0.2) is 0 Å². The molecule has 0 spiro atoms. The Labute approximate surface area is 107 Å². The third kappa shape index (κ3) is 3.93. The average molecular weight is 293 g/mol. The lowest BCUT2D eigenvalue weighted by Gasteiger charge is -2.16. The van der Waals surface area contributed by atoms with E-state index in [0.717, 1.165) is 16.8 Å². The minimum absolute atomic E-state index is 0.0206. The largest absolute Gasteiger partial charge is 0.384 e. The molecule has 0 aliphatic rings. The van der Waals surface area contributed by atoms with Crippen molar-refractivity contribution in [2.75, 3.05) is 31.3 Å². The Bertz CT molecular complexity index is 608. The minimum atomic E-state index is -3.73. The smallest absolute Gasteiger partial charge is 0.244 e. The fourth-order valence-corrected chi connectivity index (χ4v) is 2.98. The molecule has 0 amide bonds. The third-order valence-electron chi connectivity index (χ3n) is 2.24. The predicted molar refractivity (Wildman–Crippen MR) is 68.2 cm³/mol. The molecule has 0 aliphatic heterocycles. The van der Waals surface area contributed by atoms with Crippen molar-refractivity contribution in [3.63, 3.8) is 0 Å². The summed E-state index contributed by atoms with van der Waals surface area (Å²) in [6, 6.07) is 2.70. The number of nitrogen functional groups attached to an aromatic ring is 1. The summed E-state index contributed by atoms with van der Waals surface area (Å²) in [5.74, 6) is -0.0155. The van der Waals surface area contributed by atoms with Crippen LogP contribution in [0.5, 0.6) is 0 Å². The number of rotatable bonds is 5. The Balaban J connectivity index is 2.90. The molecule has 0 fully saturated rings. The van der Waals surface area contributed by atoms with Crippen LogP contribution in [0.3, 0.4) is 0 Å². The number of hydrogen-bond acceptors (Lipinski definition) is 6. The molecule has 0 saturated heterocycles. The minimum Gasteiger partial charge on any atom is -0.384 e. The van der Waals surface area contributed by atoms with Crippen LogP contribution in [0.1, 0.15) is 0 Å². The molecule has 9 heteroatoms. The molecule has 102 valence electrons. The molecule has 18 heavy (non-hydrogen) atoms. The first-order valence-electron chi connectivity index (χ1n) is 4.98. The van der Waals surface area contributed by atoms with Crippen molar-refractivity contribution in [1.29, 1.82) is 0 Å². The molecule has 1 aromatic heterocycles. The van der Waals surface area contributed by atoms with Gasteiger partial charge in [-0.3, -0.25) is 0 Å². The zero-order valence-electron chi connectivity index (χ0n) is 10.1. The molecule has 0 unspecified atom stereocenters. The molecular weight excluding hydrogens is 278 g/mol. The summed E-state index contributed by atoms with van der Waals surface area (Å²) in [4.78, 5) is 3.67. The van der Waals surface area contributed by atoms with Crippen molar-refractivity contribution in [3.05, 3.63) is 18.3 Å². The van der Waals surface area contributed by atoms with Crippen LogP contribution in [0.25, 0.3) is 0 Å². The molecular formula is C9H15N3O4S2. The van der Waals surface area contributed by atoms with Crippen molar-refractivity contribution in [2.45, 2.75) is 4.90 Å². The van der Waals surface area contributed by atoms with Crippen molar-refractivity contribution < 1.29 is 16.8 Å². The van der Waals surface area contributed by atoms with E-state index in [9.17, 15) is 16.8 Å². The van der Waals surface area contributed by atoms with Crippen LogP contribution in [0, 0.1) is 0 Å². The second kappa shape index (κ2) is 5.21. The fraction of sp³-hybridized carbons (Fsp3) is 0.444. The van der Waals surface area contributed by atoms with Gasteiger partial charge in [0.05, 0.1) is 5.75 Å². The van der Waals surface area contributed by atoms with E-state index in [2.05, 4.69) is 4.98 Å². The van der Waals surface area contributed by atoms with Gasteiger partial charge in [-0.25, -0.2) is 21.8 Å². The summed E-state index contributed by atoms with van der Waals surface area (Å²) >= 11 is 0. The normalized spacial score (nSPS) is 12.8. The van der Waals surface area contributed by atoms with E-state index in [4.69, 9.17) is 5.73 Å². The van der Waals surface area contributed by atoms with Gasteiger partial charge in [-0.1, -0.05) is 0 Å². The second-order valence-corrected chi connectivity index (χ2v) is 8.18. The maximum atomic E-state index is 12.0. The van der Waals surface area contributed by atoms with Gasteiger partial charge in [-0.15, -0.1) is 0 Å². The van der Waals surface area contributed by atoms with Gasteiger partial charge in [-0.05, 0) is 12.1 Å². The summed E-state index contributed by atoms with van der Waals surface area (Å²) in [5.41, 5.74) is 5.36. The standard InChI is InChI=1S/C9H15N3O4S2/c1-12(5-6-17(2,13)14)18(15,16)8-3-4-9(10)11-7-8/h3-4,7H,5-6H2,1-2H3,(H2,10,11). The van der Waals surface area contributed by atoms with Gasteiger partial charge in [0, 0.05) is 26.0 Å². The maximum absolute atomic E-state index is 12.0. The summed E-state index contributed by atoms with van der Waals surface area (Å²) in [6.45, 7) is -0.106. The van der Waals surface area contributed by atoms with Crippen LogP contribution in [0.2, 0.25) is 0 Å². The second-order valence-electron chi connectivity index (χ2n) is 3.88. The highest BCUT2D eigenvalue weighted by Gasteiger charge is 2.21. The molecule has 0 saturated carbocycles. The van der Waals surface area contributed by atoms with E-state index < -0.39 is 19.9 Å². The van der Waals surface area contributed by atoms with E-state index in [0.29, 0.717) is 0 Å². The van der Waals surface area contributed by atoms with Crippen molar-refractivity contribution >= 4 is 25.7 Å². The zero-order chi connectivity index (χ0) is 14.0. The highest BCUT2D eigenvalue weighted by Crippen LogP contribution is 2.13. The highest BCUT2D eigenvalue weighted by atomic mass is 32.2. The molecule has 1 rings (SSSR count). The fourth-order valence-electron chi connectivity index (χ4n) is 1.14. The lowest BCUT2D eigenvalue weighted by molar-refractivity contribution is 0.484. The van der Waals surface area contributed by atoms with Gasteiger partial charge in [0.2, 0.25) is 10.0 Å². The molecule has 0 aromatic carbocycles. The number of nitrogens with two attached hydrogens (primary N) is 1. The van der Waals surface area contributed by atoms with E-state index in [1.165, 1.54) is 19.2 Å². The Hall–Kier alpha value is -1.19. The van der Waals surface area contributed by atoms with Gasteiger partial charge in [-0.2, -0.15) is 4.31 Å². The summed E-state index contributed by atoms with van der Waals surface area (Å²) in [5, 5.41) is 0. The summed E-state index contributed by atoms with van der Waals surface area (Å²) in [7, 11) is -5.62. The third-order valence-corrected chi connectivity index (χ3v) is 5.01. The number of sulfone groups is 1. The van der Waals surface area contributed by atoms with Crippen molar-refractivity contribution in [3.8, 4) is 0 Å². The molecule has 7 nitrogen and oxygen atoms in total. The SMILES string of the molecule is CN(CCS(C)(=O)=O)S(=O)(=O)c1ccc(N)nc1. The number of nitrogens with zero attached hydrogens (tertiary/aromatic N) is 2. The first-order valence-corrected chi connectivity index (χ1v) is 8.48. The van der Waals surface area contributed by atoms with Gasteiger partial charge >= 0.3 is 0 Å². The van der Waals surface area contributed by atoms with Crippen LogP contribution >= 0.6 is 0 Å². The number of pyridine rings is 1. The Morgan fingerprint density at radius 3 is 2.33 bits per heavy atom. The van der Waals surface area contributed by atoms with E-state index in [1.807, 2.05) is 0 Å². The summed E-state index contributed by atoms with van der Waals surface area (Å²) in [6.07, 6.45) is 2.19. The Morgan fingerprint density at radius 2 is 1.89 bits per heavy atom. The monoisotopic (exact) mass is 293 g/mol. The highest BCUT2D eigenvalue weighted by molar-refractivity contribution is 7.91. The van der Waals surface area contributed by atoms with Crippen LogP contribution in [0.4, 0.5) is 5.82 Å². The number of aromatic nitrogens is 1. The van der Waals surface area contributed by atoms with Crippen molar-refractivity contribution in [2.24, 2.45) is 0 Å². The van der Waals surface area contributed by atoms with E-state index >= 15 is 0 Å². The number of hydrogen-bond donors (Lipinski definition) is 1. The van der Waals surface area contributed by atoms with Crippen LogP contribution in [0.15, 0.2) is 23.2 Å².